The Morgan fingerprint density at radius 1 is 1.16 bits per heavy atom. The molecule has 0 radical (unpaired) electrons. The zero-order valence-electron chi connectivity index (χ0n) is 13.3. The summed E-state index contributed by atoms with van der Waals surface area (Å²) in [6.07, 6.45) is 1.63. The summed E-state index contributed by atoms with van der Waals surface area (Å²) in [5, 5.41) is 20.3. The lowest BCUT2D eigenvalue weighted by atomic mass is 10.1. The topological polar surface area (TPSA) is 103 Å². The Morgan fingerprint density at radius 3 is 2.56 bits per heavy atom. The molecule has 8 nitrogen and oxygen atoms in total. The Hall–Kier alpha value is -3.47. The molecule has 0 bridgehead atoms. The number of piperazine rings is 1. The minimum Gasteiger partial charge on any atom is -0.352 e. The molecular formula is C17H15N5O3. The zero-order chi connectivity index (χ0) is 17.8. The van der Waals surface area contributed by atoms with Crippen molar-refractivity contribution in [3.8, 4) is 6.07 Å². The van der Waals surface area contributed by atoms with Crippen molar-refractivity contribution in [1.29, 1.82) is 5.26 Å². The molecule has 1 fully saturated rings. The maximum Gasteiger partial charge on any atom is 0.282 e. The van der Waals surface area contributed by atoms with Crippen LogP contribution in [0.1, 0.15) is 15.9 Å². The van der Waals surface area contributed by atoms with Gasteiger partial charge in [-0.25, -0.2) is 4.98 Å². The maximum atomic E-state index is 12.6. The number of benzene rings is 1. The quantitative estimate of drug-likeness (QED) is 0.625. The predicted octanol–water partition coefficient (Wildman–Crippen LogP) is 1.82. The molecule has 0 aliphatic carbocycles. The monoisotopic (exact) mass is 337 g/mol. The highest BCUT2D eigenvalue weighted by Crippen LogP contribution is 2.22. The van der Waals surface area contributed by atoms with Crippen molar-refractivity contribution < 1.29 is 9.72 Å². The molecule has 1 saturated heterocycles. The molecule has 1 aliphatic rings. The van der Waals surface area contributed by atoms with Crippen LogP contribution in [0, 0.1) is 21.4 Å². The number of hydrogen-bond donors (Lipinski definition) is 0. The van der Waals surface area contributed by atoms with Crippen molar-refractivity contribution in [2.24, 2.45) is 0 Å². The number of rotatable bonds is 3. The fourth-order valence-corrected chi connectivity index (χ4v) is 2.84. The van der Waals surface area contributed by atoms with Crippen LogP contribution in [0.15, 0.2) is 42.6 Å². The van der Waals surface area contributed by atoms with Gasteiger partial charge < -0.3 is 9.80 Å². The average molecular weight is 337 g/mol. The molecule has 126 valence electrons. The van der Waals surface area contributed by atoms with Gasteiger partial charge in [-0.15, -0.1) is 0 Å². The first-order chi connectivity index (χ1) is 12.1. The van der Waals surface area contributed by atoms with E-state index >= 15 is 0 Å². The summed E-state index contributed by atoms with van der Waals surface area (Å²) in [5.74, 6) is 0.247. The van der Waals surface area contributed by atoms with E-state index in [0.29, 0.717) is 37.6 Å². The molecular weight excluding hydrogens is 322 g/mol. The SMILES string of the molecule is N#Cc1cccnc1N1CCN(C(=O)c2ccccc2[N+](=O)[O-])CC1. The summed E-state index contributed by atoms with van der Waals surface area (Å²) in [4.78, 5) is 31.0. The highest BCUT2D eigenvalue weighted by Gasteiger charge is 2.28. The van der Waals surface area contributed by atoms with Crippen molar-refractivity contribution in [1.82, 2.24) is 9.88 Å². The minimum absolute atomic E-state index is 0.0940. The average Bonchev–Trinajstić information content (AvgIpc) is 2.67. The third-order valence-electron chi connectivity index (χ3n) is 4.10. The molecule has 8 heteroatoms. The van der Waals surface area contributed by atoms with Crippen LogP contribution in [-0.2, 0) is 0 Å². The van der Waals surface area contributed by atoms with Crippen LogP contribution in [0.3, 0.4) is 0 Å². The fourth-order valence-electron chi connectivity index (χ4n) is 2.84. The van der Waals surface area contributed by atoms with E-state index in [4.69, 9.17) is 0 Å². The fraction of sp³-hybridized carbons (Fsp3) is 0.235. The number of nitrogens with zero attached hydrogens (tertiary/aromatic N) is 5. The van der Waals surface area contributed by atoms with Crippen LogP contribution in [0.2, 0.25) is 0 Å². The van der Waals surface area contributed by atoms with Crippen molar-refractivity contribution >= 4 is 17.4 Å². The number of para-hydroxylation sites is 1. The number of nitriles is 1. The molecule has 0 saturated carbocycles. The van der Waals surface area contributed by atoms with E-state index in [-0.39, 0.29) is 17.2 Å². The van der Waals surface area contributed by atoms with Crippen molar-refractivity contribution in [3.05, 3.63) is 63.8 Å². The molecule has 2 heterocycles. The Labute approximate surface area is 144 Å². The van der Waals surface area contributed by atoms with Crippen LogP contribution in [-0.4, -0.2) is 46.9 Å². The number of pyridine rings is 1. The van der Waals surface area contributed by atoms with Gasteiger partial charge in [0.2, 0.25) is 0 Å². The second-order valence-corrected chi connectivity index (χ2v) is 5.54. The normalized spacial score (nSPS) is 14.0. The van der Waals surface area contributed by atoms with Crippen molar-refractivity contribution in [2.45, 2.75) is 0 Å². The molecule has 1 aromatic heterocycles. The van der Waals surface area contributed by atoms with E-state index in [1.165, 1.54) is 18.2 Å². The third-order valence-corrected chi connectivity index (χ3v) is 4.10. The van der Waals surface area contributed by atoms with Gasteiger partial charge in [0.15, 0.2) is 0 Å². The molecule has 0 spiro atoms. The number of hydrogen-bond acceptors (Lipinski definition) is 6. The predicted molar refractivity (Wildman–Crippen MR) is 90.2 cm³/mol. The second kappa shape index (κ2) is 6.97. The molecule has 1 amide bonds. The van der Waals surface area contributed by atoms with E-state index in [1.54, 1.807) is 29.3 Å². The number of nitro benzene ring substituents is 1. The van der Waals surface area contributed by atoms with Crippen molar-refractivity contribution in [3.63, 3.8) is 0 Å². The van der Waals surface area contributed by atoms with Gasteiger partial charge in [-0.2, -0.15) is 5.26 Å². The Bertz CT molecular complexity index is 853. The van der Waals surface area contributed by atoms with Gasteiger partial charge in [-0.1, -0.05) is 12.1 Å². The summed E-state index contributed by atoms with van der Waals surface area (Å²) in [6.45, 7) is 1.84. The first kappa shape index (κ1) is 16.4. The minimum atomic E-state index is -0.545. The highest BCUT2D eigenvalue weighted by atomic mass is 16.6. The van der Waals surface area contributed by atoms with Crippen LogP contribution >= 0.6 is 0 Å². The van der Waals surface area contributed by atoms with Crippen molar-refractivity contribution in [2.75, 3.05) is 31.1 Å². The number of aromatic nitrogens is 1. The summed E-state index contributed by atoms with van der Waals surface area (Å²) in [7, 11) is 0. The van der Waals surface area contributed by atoms with Gasteiger partial charge in [0, 0.05) is 38.4 Å². The smallest absolute Gasteiger partial charge is 0.282 e. The molecule has 0 atom stereocenters. The van der Waals surface area contributed by atoms with Gasteiger partial charge in [-0.3, -0.25) is 14.9 Å². The number of anilines is 1. The number of amides is 1. The Morgan fingerprint density at radius 2 is 1.88 bits per heavy atom. The summed E-state index contributed by atoms with van der Waals surface area (Å²) < 4.78 is 0. The summed E-state index contributed by atoms with van der Waals surface area (Å²) in [5.41, 5.74) is 0.392. The van der Waals surface area contributed by atoms with Gasteiger partial charge in [0.25, 0.3) is 11.6 Å². The van der Waals surface area contributed by atoms with Crippen LogP contribution in [0.4, 0.5) is 11.5 Å². The highest BCUT2D eigenvalue weighted by molar-refractivity contribution is 5.98. The standard InChI is InChI=1S/C17H15N5O3/c18-12-13-4-3-7-19-16(13)20-8-10-21(11-9-20)17(23)14-5-1-2-6-15(14)22(24)25/h1-7H,8-11H2. The van der Waals surface area contributed by atoms with E-state index in [9.17, 15) is 20.2 Å². The van der Waals surface area contributed by atoms with E-state index < -0.39 is 4.92 Å². The van der Waals surface area contributed by atoms with Gasteiger partial charge in [0.1, 0.15) is 17.5 Å². The third kappa shape index (κ3) is 3.26. The molecule has 1 aromatic carbocycles. The molecule has 2 aromatic rings. The molecule has 0 N–H and O–H groups in total. The Kier molecular flexibility index (Phi) is 4.57. The molecule has 1 aliphatic heterocycles. The lowest BCUT2D eigenvalue weighted by Gasteiger charge is -2.35. The first-order valence-corrected chi connectivity index (χ1v) is 7.74. The second-order valence-electron chi connectivity index (χ2n) is 5.54. The van der Waals surface area contributed by atoms with Gasteiger partial charge in [-0.05, 0) is 18.2 Å². The van der Waals surface area contributed by atoms with Gasteiger partial charge in [0.05, 0.1) is 10.5 Å². The van der Waals surface area contributed by atoms with E-state index in [2.05, 4.69) is 11.1 Å². The number of carbonyl (C=O) groups excluding carboxylic acids is 1. The molecule has 3 rings (SSSR count). The molecule has 0 unspecified atom stereocenters. The van der Waals surface area contributed by atoms with E-state index in [1.807, 2.05) is 4.90 Å². The number of nitro groups is 1. The maximum absolute atomic E-state index is 12.6. The summed E-state index contributed by atoms with van der Waals surface area (Å²) in [6, 6.07) is 11.5. The lowest BCUT2D eigenvalue weighted by molar-refractivity contribution is -0.385. The number of carbonyl (C=O) groups is 1. The summed E-state index contributed by atoms with van der Waals surface area (Å²) >= 11 is 0. The van der Waals surface area contributed by atoms with Crippen LogP contribution in [0.5, 0.6) is 0 Å². The lowest BCUT2D eigenvalue weighted by Crippen LogP contribution is -2.49. The largest absolute Gasteiger partial charge is 0.352 e. The zero-order valence-corrected chi connectivity index (χ0v) is 13.3. The first-order valence-electron chi connectivity index (χ1n) is 7.74. The molecule has 25 heavy (non-hydrogen) atoms. The Balaban J connectivity index is 1.74. The van der Waals surface area contributed by atoms with Crippen LogP contribution < -0.4 is 4.90 Å². The van der Waals surface area contributed by atoms with Gasteiger partial charge >= 0.3 is 0 Å². The van der Waals surface area contributed by atoms with E-state index in [0.717, 1.165) is 0 Å². The van der Waals surface area contributed by atoms with Crippen LogP contribution in [0.25, 0.3) is 0 Å².